The maximum absolute atomic E-state index is 4.79. The first-order chi connectivity index (χ1) is 13.2. The number of hydrogen-bond acceptors (Lipinski definition) is 1. The Kier molecular flexibility index (Phi) is 4.84. The molecular formula is C26H23N. The lowest BCUT2D eigenvalue weighted by atomic mass is 9.87. The SMILES string of the molecule is Cc1ccc(-c2cc(C(C)c3ccccc3)c(-c3ccccc3)cn2)cc1. The van der Waals surface area contributed by atoms with E-state index in [2.05, 4.69) is 105 Å². The molecule has 3 aromatic carbocycles. The summed E-state index contributed by atoms with van der Waals surface area (Å²) in [5, 5.41) is 0. The molecule has 0 fully saturated rings. The first-order valence-electron chi connectivity index (χ1n) is 9.40. The van der Waals surface area contributed by atoms with Gasteiger partial charge in [0, 0.05) is 23.2 Å². The van der Waals surface area contributed by atoms with Gasteiger partial charge in [0.1, 0.15) is 0 Å². The molecule has 4 rings (SSSR count). The molecule has 0 radical (unpaired) electrons. The fourth-order valence-corrected chi connectivity index (χ4v) is 3.49. The van der Waals surface area contributed by atoms with Gasteiger partial charge in [0.05, 0.1) is 5.69 Å². The van der Waals surface area contributed by atoms with Gasteiger partial charge in [-0.05, 0) is 29.7 Å². The van der Waals surface area contributed by atoms with E-state index < -0.39 is 0 Å². The van der Waals surface area contributed by atoms with Crippen LogP contribution in [-0.2, 0) is 0 Å². The Morgan fingerprint density at radius 2 is 1.33 bits per heavy atom. The smallest absolute Gasteiger partial charge is 0.0705 e. The van der Waals surface area contributed by atoms with E-state index in [1.165, 1.54) is 27.8 Å². The third-order valence-electron chi connectivity index (χ3n) is 5.13. The number of pyridine rings is 1. The fraction of sp³-hybridized carbons (Fsp3) is 0.115. The van der Waals surface area contributed by atoms with Crippen LogP contribution in [0.3, 0.4) is 0 Å². The van der Waals surface area contributed by atoms with Crippen LogP contribution in [-0.4, -0.2) is 4.98 Å². The molecule has 1 aromatic heterocycles. The van der Waals surface area contributed by atoms with E-state index in [9.17, 15) is 0 Å². The Bertz CT molecular complexity index is 1020. The molecule has 0 saturated carbocycles. The van der Waals surface area contributed by atoms with Crippen LogP contribution in [0.2, 0.25) is 0 Å². The molecule has 132 valence electrons. The van der Waals surface area contributed by atoms with Gasteiger partial charge >= 0.3 is 0 Å². The van der Waals surface area contributed by atoms with E-state index in [1.807, 2.05) is 6.20 Å². The molecule has 0 amide bonds. The molecule has 0 aliphatic rings. The highest BCUT2D eigenvalue weighted by molar-refractivity contribution is 5.72. The summed E-state index contributed by atoms with van der Waals surface area (Å²) in [5.74, 6) is 0.286. The van der Waals surface area contributed by atoms with Crippen LogP contribution in [0, 0.1) is 6.92 Å². The van der Waals surface area contributed by atoms with E-state index in [1.54, 1.807) is 0 Å². The summed E-state index contributed by atoms with van der Waals surface area (Å²) >= 11 is 0. The lowest BCUT2D eigenvalue weighted by Crippen LogP contribution is -2.01. The summed E-state index contributed by atoms with van der Waals surface area (Å²) in [6.07, 6.45) is 2.03. The van der Waals surface area contributed by atoms with Crippen molar-refractivity contribution in [1.82, 2.24) is 4.98 Å². The lowest BCUT2D eigenvalue weighted by Gasteiger charge is -2.18. The van der Waals surface area contributed by atoms with Crippen LogP contribution in [0.4, 0.5) is 0 Å². The standard InChI is InChI=1S/C26H23N/c1-19-13-15-23(16-14-19)26-17-24(20(2)21-9-5-3-6-10-21)25(18-27-26)22-11-7-4-8-12-22/h3-18,20H,1-2H3. The highest BCUT2D eigenvalue weighted by Crippen LogP contribution is 2.35. The third kappa shape index (κ3) is 3.68. The van der Waals surface area contributed by atoms with Gasteiger partial charge in [0.2, 0.25) is 0 Å². The van der Waals surface area contributed by atoms with Crippen molar-refractivity contribution >= 4 is 0 Å². The molecule has 0 aliphatic carbocycles. The predicted octanol–water partition coefficient (Wildman–Crippen LogP) is 6.88. The van der Waals surface area contributed by atoms with Crippen LogP contribution in [0.25, 0.3) is 22.4 Å². The van der Waals surface area contributed by atoms with E-state index in [-0.39, 0.29) is 5.92 Å². The molecule has 0 N–H and O–H groups in total. The summed E-state index contributed by atoms with van der Waals surface area (Å²) < 4.78 is 0. The molecule has 0 saturated heterocycles. The van der Waals surface area contributed by atoms with E-state index in [4.69, 9.17) is 4.98 Å². The average molecular weight is 349 g/mol. The van der Waals surface area contributed by atoms with Gasteiger partial charge in [-0.1, -0.05) is 97.4 Å². The summed E-state index contributed by atoms with van der Waals surface area (Å²) in [5.41, 5.74) is 8.46. The normalized spacial score (nSPS) is 11.9. The zero-order chi connectivity index (χ0) is 18.6. The molecule has 4 aromatic rings. The van der Waals surface area contributed by atoms with Gasteiger partial charge in [-0.2, -0.15) is 0 Å². The number of nitrogens with zero attached hydrogens (tertiary/aromatic N) is 1. The third-order valence-corrected chi connectivity index (χ3v) is 5.13. The maximum atomic E-state index is 4.79. The van der Waals surface area contributed by atoms with Crippen LogP contribution in [0.5, 0.6) is 0 Å². The van der Waals surface area contributed by atoms with Crippen molar-refractivity contribution in [3.63, 3.8) is 0 Å². The lowest BCUT2D eigenvalue weighted by molar-refractivity contribution is 0.921. The molecule has 27 heavy (non-hydrogen) atoms. The zero-order valence-electron chi connectivity index (χ0n) is 15.8. The second-order valence-corrected chi connectivity index (χ2v) is 7.02. The minimum Gasteiger partial charge on any atom is -0.256 e. The molecule has 1 atom stereocenters. The van der Waals surface area contributed by atoms with Gasteiger partial charge in [-0.25, -0.2) is 0 Å². The predicted molar refractivity (Wildman–Crippen MR) is 114 cm³/mol. The minimum absolute atomic E-state index is 0.286. The Hall–Kier alpha value is -3.19. The molecular weight excluding hydrogens is 326 g/mol. The number of rotatable bonds is 4. The largest absolute Gasteiger partial charge is 0.256 e. The number of aromatic nitrogens is 1. The first-order valence-corrected chi connectivity index (χ1v) is 9.40. The van der Waals surface area contributed by atoms with Crippen molar-refractivity contribution in [1.29, 1.82) is 0 Å². The maximum Gasteiger partial charge on any atom is 0.0705 e. The summed E-state index contributed by atoms with van der Waals surface area (Å²) in [4.78, 5) is 4.79. The van der Waals surface area contributed by atoms with E-state index >= 15 is 0 Å². The van der Waals surface area contributed by atoms with Gasteiger partial charge in [0.15, 0.2) is 0 Å². The first kappa shape index (κ1) is 17.2. The van der Waals surface area contributed by atoms with Crippen molar-refractivity contribution in [2.45, 2.75) is 19.8 Å². The Balaban J connectivity index is 1.86. The highest BCUT2D eigenvalue weighted by atomic mass is 14.7. The number of aryl methyl sites for hydroxylation is 1. The summed E-state index contributed by atoms with van der Waals surface area (Å²) in [7, 11) is 0. The van der Waals surface area contributed by atoms with Crippen molar-refractivity contribution in [3.8, 4) is 22.4 Å². The Morgan fingerprint density at radius 1 is 0.704 bits per heavy atom. The van der Waals surface area contributed by atoms with Gasteiger partial charge < -0.3 is 0 Å². The molecule has 0 spiro atoms. The Morgan fingerprint density at radius 3 is 2.00 bits per heavy atom. The van der Waals surface area contributed by atoms with Crippen LogP contribution in [0.1, 0.15) is 29.5 Å². The molecule has 1 unspecified atom stereocenters. The van der Waals surface area contributed by atoms with E-state index in [0.717, 1.165) is 11.3 Å². The molecule has 0 aliphatic heterocycles. The molecule has 1 nitrogen and oxygen atoms in total. The zero-order valence-corrected chi connectivity index (χ0v) is 15.8. The quantitative estimate of drug-likeness (QED) is 0.391. The molecule has 1 heteroatoms. The minimum atomic E-state index is 0.286. The van der Waals surface area contributed by atoms with E-state index in [0.29, 0.717) is 0 Å². The molecule has 1 heterocycles. The monoisotopic (exact) mass is 349 g/mol. The summed E-state index contributed by atoms with van der Waals surface area (Å²) in [6, 6.07) is 32.1. The van der Waals surface area contributed by atoms with Crippen molar-refractivity contribution in [2.75, 3.05) is 0 Å². The van der Waals surface area contributed by atoms with Crippen LogP contribution < -0.4 is 0 Å². The average Bonchev–Trinajstić information content (AvgIpc) is 2.74. The van der Waals surface area contributed by atoms with Crippen molar-refractivity contribution in [3.05, 3.63) is 114 Å². The topological polar surface area (TPSA) is 12.9 Å². The second kappa shape index (κ2) is 7.59. The van der Waals surface area contributed by atoms with Gasteiger partial charge in [-0.3, -0.25) is 4.98 Å². The number of benzene rings is 3. The molecule has 0 bridgehead atoms. The van der Waals surface area contributed by atoms with Crippen molar-refractivity contribution < 1.29 is 0 Å². The fourth-order valence-electron chi connectivity index (χ4n) is 3.49. The Labute approximate surface area is 161 Å². The van der Waals surface area contributed by atoms with Crippen LogP contribution in [0.15, 0.2) is 97.2 Å². The second-order valence-electron chi connectivity index (χ2n) is 7.02. The van der Waals surface area contributed by atoms with Crippen LogP contribution >= 0.6 is 0 Å². The number of hydrogen-bond donors (Lipinski definition) is 0. The van der Waals surface area contributed by atoms with Crippen molar-refractivity contribution in [2.24, 2.45) is 0 Å². The highest BCUT2D eigenvalue weighted by Gasteiger charge is 2.16. The summed E-state index contributed by atoms with van der Waals surface area (Å²) in [6.45, 7) is 4.38. The van der Waals surface area contributed by atoms with Gasteiger partial charge in [-0.15, -0.1) is 0 Å². The van der Waals surface area contributed by atoms with Gasteiger partial charge in [0.25, 0.3) is 0 Å².